The molecule has 3 nitrogen and oxygen atoms in total. The Kier molecular flexibility index (Phi) is 8.81. The van der Waals surface area contributed by atoms with Gasteiger partial charge in [0.05, 0.1) is 5.75 Å². The molecule has 0 N–H and O–H groups in total. The molecule has 0 aliphatic carbocycles. The van der Waals surface area contributed by atoms with E-state index in [1.165, 1.54) is 6.92 Å². The van der Waals surface area contributed by atoms with Crippen molar-refractivity contribution in [3.63, 3.8) is 0 Å². The molecular weight excluding hydrogens is 175 g/mol. The van der Waals surface area contributed by atoms with E-state index in [-0.39, 0.29) is 35.3 Å². The summed E-state index contributed by atoms with van der Waals surface area (Å²) in [7, 11) is -3.37. The Labute approximate surface area is 89.9 Å². The van der Waals surface area contributed by atoms with Gasteiger partial charge in [0, 0.05) is 6.92 Å². The van der Waals surface area contributed by atoms with Crippen molar-refractivity contribution in [2.45, 2.75) is 20.3 Å². The van der Waals surface area contributed by atoms with Gasteiger partial charge in [0.1, 0.15) is 6.11 Å². The van der Waals surface area contributed by atoms with E-state index in [1.807, 2.05) is 6.11 Å². The van der Waals surface area contributed by atoms with E-state index in [2.05, 4.69) is 10.1 Å². The minimum absolute atomic E-state index is 0. The Morgan fingerprint density at radius 1 is 1.45 bits per heavy atom. The van der Waals surface area contributed by atoms with Gasteiger partial charge in [0.25, 0.3) is 0 Å². The SMILES string of the molecule is CC#COS(=O)(=O)CCC.[NaH]. The van der Waals surface area contributed by atoms with Crippen molar-refractivity contribution in [2.75, 3.05) is 5.75 Å². The van der Waals surface area contributed by atoms with E-state index in [4.69, 9.17) is 0 Å². The summed E-state index contributed by atoms with van der Waals surface area (Å²) in [5, 5.41) is 0. The van der Waals surface area contributed by atoms with Crippen molar-refractivity contribution >= 4 is 39.7 Å². The van der Waals surface area contributed by atoms with Crippen molar-refractivity contribution in [2.24, 2.45) is 0 Å². The molecule has 0 atom stereocenters. The first-order valence-corrected chi connectivity index (χ1v) is 4.53. The van der Waals surface area contributed by atoms with E-state index in [1.54, 1.807) is 6.92 Å². The van der Waals surface area contributed by atoms with Crippen molar-refractivity contribution in [1.82, 2.24) is 0 Å². The molecule has 0 aliphatic heterocycles. The zero-order valence-electron chi connectivity index (χ0n) is 6.05. The monoisotopic (exact) mass is 186 g/mol. The Morgan fingerprint density at radius 3 is 2.36 bits per heavy atom. The predicted molar refractivity (Wildman–Crippen MR) is 45.8 cm³/mol. The van der Waals surface area contributed by atoms with Crippen LogP contribution in [0.1, 0.15) is 20.3 Å². The first kappa shape index (κ1) is 13.9. The van der Waals surface area contributed by atoms with Crippen LogP contribution >= 0.6 is 0 Å². The van der Waals surface area contributed by atoms with E-state index in [9.17, 15) is 8.42 Å². The summed E-state index contributed by atoms with van der Waals surface area (Å²) < 4.78 is 25.6. The van der Waals surface area contributed by atoms with Gasteiger partial charge in [0.2, 0.25) is 0 Å². The van der Waals surface area contributed by atoms with Gasteiger partial charge < -0.3 is 4.18 Å². The Balaban J connectivity index is 0. The molecule has 0 rings (SSSR count). The van der Waals surface area contributed by atoms with Crippen LogP contribution in [0.15, 0.2) is 0 Å². The van der Waals surface area contributed by atoms with Crippen LogP contribution < -0.4 is 0 Å². The Morgan fingerprint density at radius 2 is 2.00 bits per heavy atom. The van der Waals surface area contributed by atoms with Crippen molar-refractivity contribution in [3.05, 3.63) is 0 Å². The summed E-state index contributed by atoms with van der Waals surface area (Å²) in [6.07, 6.45) is 2.58. The molecule has 11 heavy (non-hydrogen) atoms. The second-order valence-corrected chi connectivity index (χ2v) is 3.39. The third-order valence-electron chi connectivity index (χ3n) is 0.725. The molecule has 0 saturated heterocycles. The Bertz CT molecular complexity index is 234. The third-order valence-corrected chi connectivity index (χ3v) is 1.97. The maximum atomic E-state index is 10.7. The van der Waals surface area contributed by atoms with Crippen LogP contribution in [0.2, 0.25) is 0 Å². The molecule has 0 unspecified atom stereocenters. The van der Waals surface area contributed by atoms with Crippen molar-refractivity contribution in [1.29, 1.82) is 0 Å². The normalized spacial score (nSPS) is 8.91. The number of rotatable bonds is 3. The second kappa shape index (κ2) is 6.99. The number of hydrogen-bond acceptors (Lipinski definition) is 3. The third kappa shape index (κ3) is 8.21. The molecule has 60 valence electrons. The molecule has 0 spiro atoms. The minimum atomic E-state index is -3.37. The van der Waals surface area contributed by atoms with E-state index < -0.39 is 10.1 Å². The topological polar surface area (TPSA) is 43.4 Å². The predicted octanol–water partition coefficient (Wildman–Crippen LogP) is 0.0751. The second-order valence-electron chi connectivity index (χ2n) is 1.70. The quantitative estimate of drug-likeness (QED) is 0.356. The molecule has 0 aliphatic rings. The summed E-state index contributed by atoms with van der Waals surface area (Å²) >= 11 is 0. The summed E-state index contributed by atoms with van der Waals surface area (Å²) in [4.78, 5) is 0. The molecule has 0 radical (unpaired) electrons. The van der Waals surface area contributed by atoms with Crippen molar-refractivity contribution in [3.8, 4) is 12.0 Å². The van der Waals surface area contributed by atoms with Gasteiger partial charge in [-0.25, -0.2) is 0 Å². The molecule has 0 heterocycles. The molecule has 5 heteroatoms. The van der Waals surface area contributed by atoms with E-state index in [0.717, 1.165) is 0 Å². The molecule has 0 saturated carbocycles. The summed E-state index contributed by atoms with van der Waals surface area (Å²) in [5.74, 6) is 2.36. The molecule has 0 aromatic heterocycles. The maximum absolute atomic E-state index is 10.7. The fourth-order valence-electron chi connectivity index (χ4n) is 0.397. The number of hydrogen-bond donors (Lipinski definition) is 0. The van der Waals surface area contributed by atoms with Crippen molar-refractivity contribution < 1.29 is 12.6 Å². The van der Waals surface area contributed by atoms with E-state index >= 15 is 0 Å². The molecule has 0 bridgehead atoms. The summed E-state index contributed by atoms with van der Waals surface area (Å²) in [6, 6.07) is 0. The zero-order chi connectivity index (χ0) is 8.04. The van der Waals surface area contributed by atoms with Crippen LogP contribution in [0.3, 0.4) is 0 Å². The van der Waals surface area contributed by atoms with Crippen LogP contribution in [0.5, 0.6) is 0 Å². The average molecular weight is 186 g/mol. The molecule has 0 aromatic carbocycles. The fourth-order valence-corrected chi connectivity index (χ4v) is 1.19. The van der Waals surface area contributed by atoms with Crippen LogP contribution in [0.25, 0.3) is 0 Å². The van der Waals surface area contributed by atoms with Crippen LogP contribution in [-0.2, 0) is 14.3 Å². The summed E-state index contributed by atoms with van der Waals surface area (Å²) in [6.45, 7) is 3.28. The first-order valence-electron chi connectivity index (χ1n) is 2.95. The van der Waals surface area contributed by atoms with Gasteiger partial charge in [-0.2, -0.15) is 8.42 Å². The van der Waals surface area contributed by atoms with E-state index in [0.29, 0.717) is 6.42 Å². The van der Waals surface area contributed by atoms with Gasteiger partial charge in [-0.05, 0) is 6.42 Å². The molecule has 0 amide bonds. The van der Waals surface area contributed by atoms with Crippen LogP contribution in [0.4, 0.5) is 0 Å². The fraction of sp³-hybridized carbons (Fsp3) is 0.667. The molecular formula is C6H11NaO3S. The average Bonchev–Trinajstić information content (AvgIpc) is 1.84. The van der Waals surface area contributed by atoms with Crippen LogP contribution in [0, 0.1) is 12.0 Å². The van der Waals surface area contributed by atoms with Gasteiger partial charge in [0.15, 0.2) is 0 Å². The van der Waals surface area contributed by atoms with Gasteiger partial charge in [-0.15, -0.1) is 0 Å². The standard InChI is InChI=1S/C6H10O3S.Na.H/c1-3-5-9-10(7,8)6-4-2;;/h4,6H2,1-2H3;;. The van der Waals surface area contributed by atoms with Crippen LogP contribution in [-0.4, -0.2) is 43.7 Å². The van der Waals surface area contributed by atoms with Gasteiger partial charge in [-0.3, -0.25) is 0 Å². The zero-order valence-corrected chi connectivity index (χ0v) is 6.86. The van der Waals surface area contributed by atoms with Gasteiger partial charge >= 0.3 is 39.7 Å². The van der Waals surface area contributed by atoms with Gasteiger partial charge in [-0.1, -0.05) is 12.8 Å². The first-order chi connectivity index (χ1) is 4.62. The molecule has 0 fully saturated rings. The summed E-state index contributed by atoms with van der Waals surface area (Å²) in [5.41, 5.74) is 0. The molecule has 0 aromatic rings. The Hall–Kier alpha value is 0.310.